The van der Waals surface area contributed by atoms with Crippen LogP contribution in [0, 0.1) is 0 Å². The fraction of sp³-hybridized carbons (Fsp3) is 0.214. The van der Waals surface area contributed by atoms with Gasteiger partial charge in [-0.25, -0.2) is 0 Å². The monoisotopic (exact) mass is 262 g/mol. The highest BCUT2D eigenvalue weighted by molar-refractivity contribution is 6.30. The van der Waals surface area contributed by atoms with E-state index in [9.17, 15) is 4.79 Å². The van der Waals surface area contributed by atoms with Gasteiger partial charge in [0.1, 0.15) is 0 Å². The van der Waals surface area contributed by atoms with Gasteiger partial charge in [0.05, 0.1) is 6.54 Å². The van der Waals surface area contributed by atoms with Crippen molar-refractivity contribution < 1.29 is 4.79 Å². The van der Waals surface area contributed by atoms with Crippen molar-refractivity contribution in [1.82, 2.24) is 9.47 Å². The van der Waals surface area contributed by atoms with Crippen molar-refractivity contribution in [2.45, 2.75) is 6.54 Å². The summed E-state index contributed by atoms with van der Waals surface area (Å²) in [6, 6.07) is 11.0. The Bertz CT molecular complexity index is 562. The molecule has 0 atom stereocenters. The second kappa shape index (κ2) is 5.27. The number of amides is 1. The fourth-order valence-corrected chi connectivity index (χ4v) is 2.01. The van der Waals surface area contributed by atoms with Crippen LogP contribution in [-0.4, -0.2) is 22.4 Å². The second-order valence-corrected chi connectivity index (χ2v) is 4.72. The molecule has 1 heterocycles. The Morgan fingerprint density at radius 2 is 2.11 bits per heavy atom. The highest BCUT2D eigenvalue weighted by atomic mass is 35.5. The molecule has 0 saturated carbocycles. The van der Waals surface area contributed by atoms with Crippen molar-refractivity contribution in [2.24, 2.45) is 7.05 Å². The van der Waals surface area contributed by atoms with Crippen LogP contribution >= 0.6 is 11.6 Å². The van der Waals surface area contributed by atoms with Gasteiger partial charge in [-0.05, 0) is 30.3 Å². The Kier molecular flexibility index (Phi) is 3.72. The summed E-state index contributed by atoms with van der Waals surface area (Å²) in [6.07, 6.45) is 1.97. The summed E-state index contributed by atoms with van der Waals surface area (Å²) in [6.45, 7) is 0.578. The molecular formula is C14H15ClN2O. The van der Waals surface area contributed by atoms with Crippen molar-refractivity contribution in [2.75, 3.05) is 7.05 Å². The molecule has 1 aromatic carbocycles. The largest absolute Gasteiger partial charge is 0.353 e. The lowest BCUT2D eigenvalue weighted by Crippen LogP contribution is -2.27. The lowest BCUT2D eigenvalue weighted by Gasteiger charge is -2.17. The van der Waals surface area contributed by atoms with Crippen LogP contribution in [0.5, 0.6) is 0 Å². The van der Waals surface area contributed by atoms with Gasteiger partial charge < -0.3 is 9.47 Å². The Morgan fingerprint density at radius 1 is 1.33 bits per heavy atom. The van der Waals surface area contributed by atoms with Gasteiger partial charge in [-0.1, -0.05) is 17.7 Å². The van der Waals surface area contributed by atoms with Gasteiger partial charge in [0.15, 0.2) is 0 Å². The third-order valence-electron chi connectivity index (χ3n) is 2.87. The Balaban J connectivity index is 2.12. The number of hydrogen-bond acceptors (Lipinski definition) is 1. The van der Waals surface area contributed by atoms with E-state index in [4.69, 9.17) is 11.6 Å². The lowest BCUT2D eigenvalue weighted by atomic mass is 10.2. The van der Waals surface area contributed by atoms with Gasteiger partial charge >= 0.3 is 0 Å². The zero-order chi connectivity index (χ0) is 13.1. The summed E-state index contributed by atoms with van der Waals surface area (Å²) >= 11 is 5.89. The summed E-state index contributed by atoms with van der Waals surface area (Å²) in [5.74, 6) is -0.0290. The smallest absolute Gasteiger partial charge is 0.253 e. The average molecular weight is 263 g/mol. The van der Waals surface area contributed by atoms with E-state index in [0.29, 0.717) is 17.1 Å². The lowest BCUT2D eigenvalue weighted by molar-refractivity contribution is 0.0782. The van der Waals surface area contributed by atoms with Gasteiger partial charge in [-0.2, -0.15) is 0 Å². The number of nitrogens with zero attached hydrogens (tertiary/aromatic N) is 2. The van der Waals surface area contributed by atoms with Gasteiger partial charge in [0, 0.05) is 36.6 Å². The predicted octanol–water partition coefficient (Wildman–Crippen LogP) is 2.95. The zero-order valence-corrected chi connectivity index (χ0v) is 11.2. The van der Waals surface area contributed by atoms with Crippen molar-refractivity contribution in [3.63, 3.8) is 0 Å². The van der Waals surface area contributed by atoms with Crippen molar-refractivity contribution in [1.29, 1.82) is 0 Å². The summed E-state index contributed by atoms with van der Waals surface area (Å²) in [5.41, 5.74) is 1.70. The third kappa shape index (κ3) is 2.74. The number of rotatable bonds is 3. The molecular weight excluding hydrogens is 248 g/mol. The number of halogens is 1. The van der Waals surface area contributed by atoms with Gasteiger partial charge in [0.25, 0.3) is 5.91 Å². The molecule has 0 aliphatic heterocycles. The number of aryl methyl sites for hydroxylation is 1. The van der Waals surface area contributed by atoms with Gasteiger partial charge in [-0.15, -0.1) is 0 Å². The number of hydrogen-bond donors (Lipinski definition) is 0. The Labute approximate surface area is 112 Å². The number of carbonyl (C=O) groups is 1. The first-order valence-electron chi connectivity index (χ1n) is 5.69. The third-order valence-corrected chi connectivity index (χ3v) is 3.10. The molecule has 0 aliphatic rings. The van der Waals surface area contributed by atoms with Crippen LogP contribution in [-0.2, 0) is 13.6 Å². The molecule has 2 rings (SSSR count). The van der Waals surface area contributed by atoms with E-state index in [2.05, 4.69) is 0 Å². The molecule has 94 valence electrons. The quantitative estimate of drug-likeness (QED) is 0.835. The van der Waals surface area contributed by atoms with E-state index in [1.165, 1.54) is 0 Å². The maximum Gasteiger partial charge on any atom is 0.253 e. The van der Waals surface area contributed by atoms with Crippen LogP contribution in [0.1, 0.15) is 16.1 Å². The van der Waals surface area contributed by atoms with Crippen LogP contribution < -0.4 is 0 Å². The Morgan fingerprint density at radius 3 is 2.72 bits per heavy atom. The van der Waals surface area contributed by atoms with E-state index in [1.807, 2.05) is 29.9 Å². The van der Waals surface area contributed by atoms with Crippen LogP contribution in [0.15, 0.2) is 42.6 Å². The second-order valence-electron chi connectivity index (χ2n) is 4.28. The zero-order valence-electron chi connectivity index (χ0n) is 10.4. The molecule has 4 heteroatoms. The topological polar surface area (TPSA) is 25.2 Å². The molecule has 0 bridgehead atoms. The summed E-state index contributed by atoms with van der Waals surface area (Å²) in [5, 5.41) is 0.577. The van der Waals surface area contributed by atoms with E-state index in [1.54, 1.807) is 36.2 Å². The van der Waals surface area contributed by atoms with Crippen molar-refractivity contribution in [3.8, 4) is 0 Å². The van der Waals surface area contributed by atoms with Crippen LogP contribution in [0.4, 0.5) is 0 Å². The molecule has 0 unspecified atom stereocenters. The highest BCUT2D eigenvalue weighted by Crippen LogP contribution is 2.13. The minimum Gasteiger partial charge on any atom is -0.353 e. The molecule has 0 spiro atoms. The maximum absolute atomic E-state index is 12.2. The first-order chi connectivity index (χ1) is 8.58. The molecule has 0 N–H and O–H groups in total. The number of benzene rings is 1. The highest BCUT2D eigenvalue weighted by Gasteiger charge is 2.13. The predicted molar refractivity (Wildman–Crippen MR) is 72.7 cm³/mol. The minimum atomic E-state index is -0.0290. The first-order valence-corrected chi connectivity index (χ1v) is 6.07. The first kappa shape index (κ1) is 12.7. The summed E-state index contributed by atoms with van der Waals surface area (Å²) in [7, 11) is 3.75. The molecule has 3 nitrogen and oxygen atoms in total. The van der Waals surface area contributed by atoms with Gasteiger partial charge in [-0.3, -0.25) is 4.79 Å². The molecule has 18 heavy (non-hydrogen) atoms. The normalized spacial score (nSPS) is 10.4. The molecule has 0 aliphatic carbocycles. The van der Waals surface area contributed by atoms with E-state index in [0.717, 1.165) is 5.69 Å². The number of carbonyl (C=O) groups excluding carboxylic acids is 1. The van der Waals surface area contributed by atoms with E-state index in [-0.39, 0.29) is 5.91 Å². The van der Waals surface area contributed by atoms with E-state index < -0.39 is 0 Å². The molecule has 1 aromatic heterocycles. The van der Waals surface area contributed by atoms with Crippen molar-refractivity contribution in [3.05, 3.63) is 58.9 Å². The summed E-state index contributed by atoms with van der Waals surface area (Å²) < 4.78 is 2.00. The molecule has 0 radical (unpaired) electrons. The van der Waals surface area contributed by atoms with Crippen molar-refractivity contribution >= 4 is 17.5 Å². The average Bonchev–Trinajstić information content (AvgIpc) is 2.74. The number of aromatic nitrogens is 1. The minimum absolute atomic E-state index is 0.0290. The van der Waals surface area contributed by atoms with Gasteiger partial charge in [0.2, 0.25) is 0 Å². The summed E-state index contributed by atoms with van der Waals surface area (Å²) in [4.78, 5) is 13.9. The SMILES string of the molecule is CN(Cc1cccn1C)C(=O)c1cccc(Cl)c1. The maximum atomic E-state index is 12.2. The molecule has 2 aromatic rings. The van der Waals surface area contributed by atoms with Crippen LogP contribution in [0.3, 0.4) is 0 Å². The molecule has 0 saturated heterocycles. The Hall–Kier alpha value is -1.74. The molecule has 1 amide bonds. The standard InChI is InChI=1S/C14H15ClN2O/c1-16-8-4-7-13(16)10-17(2)14(18)11-5-3-6-12(15)9-11/h3-9H,10H2,1-2H3. The van der Waals surface area contributed by atoms with Crippen LogP contribution in [0.2, 0.25) is 5.02 Å². The fourth-order valence-electron chi connectivity index (χ4n) is 1.82. The molecule has 0 fully saturated rings. The van der Waals surface area contributed by atoms with E-state index >= 15 is 0 Å². The van der Waals surface area contributed by atoms with Crippen LogP contribution in [0.25, 0.3) is 0 Å².